The van der Waals surface area contributed by atoms with E-state index in [2.05, 4.69) is 10.6 Å². The normalized spacial score (nSPS) is 19.0. The Labute approximate surface area is 134 Å². The van der Waals surface area contributed by atoms with Crippen molar-refractivity contribution in [3.05, 3.63) is 28.8 Å². The molecule has 3 rings (SSSR count). The van der Waals surface area contributed by atoms with Gasteiger partial charge in [-0.25, -0.2) is 4.79 Å². The molecule has 22 heavy (non-hydrogen) atoms. The Kier molecular flexibility index (Phi) is 4.49. The number of carbonyl (C=O) groups is 2. The molecule has 2 aliphatic heterocycles. The van der Waals surface area contributed by atoms with Gasteiger partial charge in [-0.1, -0.05) is 11.6 Å². The van der Waals surface area contributed by atoms with Crippen LogP contribution in [0.4, 0.5) is 10.5 Å². The van der Waals surface area contributed by atoms with Crippen LogP contribution >= 0.6 is 11.6 Å². The average Bonchev–Trinajstić information content (AvgIpc) is 2.78. The predicted octanol–water partition coefficient (Wildman–Crippen LogP) is 1.31. The Morgan fingerprint density at radius 3 is 2.77 bits per heavy atom. The highest BCUT2D eigenvalue weighted by molar-refractivity contribution is 6.34. The molecule has 2 N–H and O–H groups in total. The average molecular weight is 323 g/mol. The zero-order valence-electron chi connectivity index (χ0n) is 12.3. The maximum absolute atomic E-state index is 12.6. The van der Waals surface area contributed by atoms with Crippen molar-refractivity contribution in [3.8, 4) is 0 Å². The predicted molar refractivity (Wildman–Crippen MR) is 85.6 cm³/mol. The van der Waals surface area contributed by atoms with Crippen molar-refractivity contribution < 1.29 is 9.59 Å². The largest absolute Gasteiger partial charge is 0.337 e. The number of nitrogens with one attached hydrogen (secondary N) is 2. The summed E-state index contributed by atoms with van der Waals surface area (Å²) in [6.45, 7) is 4.33. The van der Waals surface area contributed by atoms with Gasteiger partial charge in [0.2, 0.25) is 0 Å². The standard InChI is InChI=1S/C15H19ClN4O2/c16-12-3-2-11(10-13(12)20-9-6-18-15(20)22)14(21)19-7-1-4-17-5-8-19/h2-3,10,17H,1,4-9H2,(H,18,22). The van der Waals surface area contributed by atoms with E-state index >= 15 is 0 Å². The van der Waals surface area contributed by atoms with Crippen LogP contribution in [0.2, 0.25) is 5.02 Å². The first-order chi connectivity index (χ1) is 10.7. The first-order valence-corrected chi connectivity index (χ1v) is 7.89. The lowest BCUT2D eigenvalue weighted by Crippen LogP contribution is -2.34. The topological polar surface area (TPSA) is 64.7 Å². The molecule has 3 amide bonds. The number of halogens is 1. The zero-order chi connectivity index (χ0) is 15.5. The van der Waals surface area contributed by atoms with Crippen LogP contribution in [0, 0.1) is 0 Å². The second-order valence-electron chi connectivity index (χ2n) is 5.45. The number of urea groups is 1. The third kappa shape index (κ3) is 3.03. The molecule has 2 aliphatic rings. The Morgan fingerprint density at radius 2 is 2.00 bits per heavy atom. The summed E-state index contributed by atoms with van der Waals surface area (Å²) in [5, 5.41) is 6.50. The van der Waals surface area contributed by atoms with E-state index in [0.717, 1.165) is 26.1 Å². The number of anilines is 1. The van der Waals surface area contributed by atoms with Crippen molar-refractivity contribution in [2.75, 3.05) is 44.2 Å². The number of nitrogens with zero attached hydrogens (tertiary/aromatic N) is 2. The summed E-state index contributed by atoms with van der Waals surface area (Å²) in [4.78, 5) is 27.9. The van der Waals surface area contributed by atoms with Gasteiger partial charge in [-0.2, -0.15) is 0 Å². The fourth-order valence-corrected chi connectivity index (χ4v) is 3.00. The highest BCUT2D eigenvalue weighted by atomic mass is 35.5. The summed E-state index contributed by atoms with van der Waals surface area (Å²) in [7, 11) is 0. The molecule has 6 nitrogen and oxygen atoms in total. The van der Waals surface area contributed by atoms with Gasteiger partial charge in [-0.15, -0.1) is 0 Å². The molecule has 1 aromatic rings. The highest BCUT2D eigenvalue weighted by Crippen LogP contribution is 2.28. The van der Waals surface area contributed by atoms with E-state index in [9.17, 15) is 9.59 Å². The van der Waals surface area contributed by atoms with Gasteiger partial charge in [-0.05, 0) is 31.2 Å². The van der Waals surface area contributed by atoms with E-state index in [1.54, 1.807) is 23.1 Å². The molecule has 0 unspecified atom stereocenters. The molecule has 2 saturated heterocycles. The van der Waals surface area contributed by atoms with E-state index in [0.29, 0.717) is 35.9 Å². The monoisotopic (exact) mass is 322 g/mol. The molecule has 7 heteroatoms. The highest BCUT2D eigenvalue weighted by Gasteiger charge is 2.25. The molecule has 0 aliphatic carbocycles. The second kappa shape index (κ2) is 6.54. The van der Waals surface area contributed by atoms with Crippen LogP contribution in [-0.2, 0) is 0 Å². The van der Waals surface area contributed by atoms with E-state index < -0.39 is 0 Å². The minimum Gasteiger partial charge on any atom is -0.337 e. The van der Waals surface area contributed by atoms with Crippen molar-refractivity contribution >= 4 is 29.2 Å². The fourth-order valence-electron chi connectivity index (χ4n) is 2.79. The number of hydrogen-bond acceptors (Lipinski definition) is 3. The fraction of sp³-hybridized carbons (Fsp3) is 0.467. The van der Waals surface area contributed by atoms with Crippen molar-refractivity contribution in [2.24, 2.45) is 0 Å². The lowest BCUT2D eigenvalue weighted by molar-refractivity contribution is 0.0766. The number of carbonyl (C=O) groups excluding carboxylic acids is 2. The molecule has 1 aromatic carbocycles. The van der Waals surface area contributed by atoms with Crippen LogP contribution in [-0.4, -0.2) is 56.1 Å². The molecule has 0 spiro atoms. The van der Waals surface area contributed by atoms with E-state index in [1.165, 1.54) is 0 Å². The van der Waals surface area contributed by atoms with Crippen molar-refractivity contribution in [3.63, 3.8) is 0 Å². The summed E-state index contributed by atoms with van der Waals surface area (Å²) in [6.07, 6.45) is 0.945. The summed E-state index contributed by atoms with van der Waals surface area (Å²) >= 11 is 6.20. The third-order valence-electron chi connectivity index (χ3n) is 3.97. The van der Waals surface area contributed by atoms with Crippen LogP contribution in [0.5, 0.6) is 0 Å². The van der Waals surface area contributed by atoms with Crippen LogP contribution in [0.1, 0.15) is 16.8 Å². The molecule has 0 bridgehead atoms. The SMILES string of the molecule is O=C(c1ccc(Cl)c(N2CCNC2=O)c1)N1CCCNCC1. The summed E-state index contributed by atoms with van der Waals surface area (Å²) < 4.78 is 0. The van der Waals surface area contributed by atoms with Gasteiger partial charge >= 0.3 is 6.03 Å². The van der Waals surface area contributed by atoms with Crippen LogP contribution < -0.4 is 15.5 Å². The lowest BCUT2D eigenvalue weighted by Gasteiger charge is -2.22. The summed E-state index contributed by atoms with van der Waals surface area (Å²) in [6, 6.07) is 4.95. The van der Waals surface area contributed by atoms with E-state index in [4.69, 9.17) is 11.6 Å². The van der Waals surface area contributed by atoms with Crippen LogP contribution in [0.25, 0.3) is 0 Å². The lowest BCUT2D eigenvalue weighted by atomic mass is 10.1. The van der Waals surface area contributed by atoms with Crippen LogP contribution in [0.3, 0.4) is 0 Å². The summed E-state index contributed by atoms with van der Waals surface area (Å²) in [5.41, 5.74) is 1.16. The van der Waals surface area contributed by atoms with Gasteiger partial charge in [0.25, 0.3) is 5.91 Å². The van der Waals surface area contributed by atoms with Gasteiger partial charge in [-0.3, -0.25) is 9.69 Å². The minimum atomic E-state index is -0.175. The molecule has 2 heterocycles. The number of amides is 3. The van der Waals surface area contributed by atoms with Crippen molar-refractivity contribution in [1.29, 1.82) is 0 Å². The molecule has 118 valence electrons. The van der Waals surface area contributed by atoms with Gasteiger partial charge < -0.3 is 15.5 Å². The Bertz CT molecular complexity index is 585. The van der Waals surface area contributed by atoms with Crippen LogP contribution in [0.15, 0.2) is 18.2 Å². The van der Waals surface area contributed by atoms with Gasteiger partial charge in [0.1, 0.15) is 0 Å². The number of hydrogen-bond donors (Lipinski definition) is 2. The number of benzene rings is 1. The van der Waals surface area contributed by atoms with E-state index in [-0.39, 0.29) is 11.9 Å². The van der Waals surface area contributed by atoms with Gasteiger partial charge in [0.15, 0.2) is 0 Å². The number of rotatable bonds is 2. The molecular weight excluding hydrogens is 304 g/mol. The molecule has 0 radical (unpaired) electrons. The smallest absolute Gasteiger partial charge is 0.322 e. The Morgan fingerprint density at radius 1 is 1.14 bits per heavy atom. The molecule has 2 fully saturated rings. The first kappa shape index (κ1) is 15.1. The van der Waals surface area contributed by atoms with Crippen molar-refractivity contribution in [2.45, 2.75) is 6.42 Å². The Hall–Kier alpha value is -1.79. The maximum atomic E-state index is 12.6. The van der Waals surface area contributed by atoms with Gasteiger partial charge in [0.05, 0.1) is 10.7 Å². The van der Waals surface area contributed by atoms with Crippen molar-refractivity contribution in [1.82, 2.24) is 15.5 Å². The third-order valence-corrected chi connectivity index (χ3v) is 4.29. The Balaban J connectivity index is 1.84. The zero-order valence-corrected chi connectivity index (χ0v) is 13.0. The van der Waals surface area contributed by atoms with E-state index in [1.807, 2.05) is 4.90 Å². The first-order valence-electron chi connectivity index (χ1n) is 7.52. The molecule has 0 saturated carbocycles. The molecular formula is C15H19ClN4O2. The molecule has 0 aromatic heterocycles. The molecule has 0 atom stereocenters. The quantitative estimate of drug-likeness (QED) is 0.863. The summed E-state index contributed by atoms with van der Waals surface area (Å²) in [5.74, 6) is -0.0128. The maximum Gasteiger partial charge on any atom is 0.322 e. The van der Waals surface area contributed by atoms with Gasteiger partial charge in [0, 0.05) is 38.3 Å². The second-order valence-corrected chi connectivity index (χ2v) is 5.85. The minimum absolute atomic E-state index is 0.0128.